The van der Waals surface area contributed by atoms with Crippen molar-refractivity contribution in [3.63, 3.8) is 0 Å². The highest BCUT2D eigenvalue weighted by Gasteiger charge is 2.19. The van der Waals surface area contributed by atoms with Crippen molar-refractivity contribution in [1.29, 1.82) is 0 Å². The summed E-state index contributed by atoms with van der Waals surface area (Å²) in [5.74, 6) is 1.41. The number of ether oxygens (including phenoxy) is 1. The molecule has 1 aliphatic rings. The third kappa shape index (κ3) is 4.66. The number of hydrogen-bond acceptors (Lipinski definition) is 3. The van der Waals surface area contributed by atoms with Crippen LogP contribution in [0.4, 0.5) is 0 Å². The Morgan fingerprint density at radius 1 is 1.20 bits per heavy atom. The molecule has 0 bridgehead atoms. The molecule has 0 amide bonds. The van der Waals surface area contributed by atoms with Crippen molar-refractivity contribution in [3.05, 3.63) is 42.5 Å². The maximum atomic E-state index is 9.13. The highest BCUT2D eigenvalue weighted by molar-refractivity contribution is 5.27. The van der Waals surface area contributed by atoms with Gasteiger partial charge in [0, 0.05) is 19.2 Å². The Kier molecular flexibility index (Phi) is 6.09. The lowest BCUT2D eigenvalue weighted by Crippen LogP contribution is -2.33. The lowest BCUT2D eigenvalue weighted by Gasteiger charge is -2.28. The average molecular weight is 275 g/mol. The van der Waals surface area contributed by atoms with Crippen LogP contribution in [0.1, 0.15) is 31.2 Å². The summed E-state index contributed by atoms with van der Waals surface area (Å²) in [5, 5.41) is 12.7. The van der Waals surface area contributed by atoms with E-state index in [-0.39, 0.29) is 0 Å². The minimum atomic E-state index is 0.346. The number of aliphatic hydroxyl groups is 1. The fraction of sp³-hybridized carbons (Fsp3) is 0.529. The molecule has 1 aliphatic carbocycles. The van der Waals surface area contributed by atoms with Gasteiger partial charge in [-0.05, 0) is 49.3 Å². The molecule has 0 radical (unpaired) electrons. The predicted molar refractivity (Wildman–Crippen MR) is 81.8 cm³/mol. The van der Waals surface area contributed by atoms with Gasteiger partial charge in [0.15, 0.2) is 0 Å². The minimum absolute atomic E-state index is 0.346. The molecular formula is C17H25NO2. The molecule has 3 heteroatoms. The van der Waals surface area contributed by atoms with Crippen LogP contribution >= 0.6 is 0 Å². The average Bonchev–Trinajstić information content (AvgIpc) is 2.52. The highest BCUT2D eigenvalue weighted by Crippen LogP contribution is 2.24. The number of hydrogen-bond donors (Lipinski definition) is 2. The Balaban J connectivity index is 1.72. The maximum Gasteiger partial charge on any atom is 0.119 e. The van der Waals surface area contributed by atoms with Crippen molar-refractivity contribution in [3.8, 4) is 5.75 Å². The van der Waals surface area contributed by atoms with Gasteiger partial charge in [0.05, 0.1) is 0 Å². The van der Waals surface area contributed by atoms with Crippen molar-refractivity contribution in [2.45, 2.75) is 38.3 Å². The van der Waals surface area contributed by atoms with Crippen LogP contribution in [0.15, 0.2) is 36.9 Å². The zero-order chi connectivity index (χ0) is 14.2. The van der Waals surface area contributed by atoms with Crippen LogP contribution in [0.5, 0.6) is 5.75 Å². The standard InChI is InChI=1S/C17H25NO2/c1-2-11-20-17-9-5-14(6-10-17)12-18-16-7-3-15(13-19)4-8-16/h2,5-6,9-10,15-16,18-19H,1,3-4,7-8,11-13H2. The summed E-state index contributed by atoms with van der Waals surface area (Å²) in [4.78, 5) is 0. The molecule has 1 aromatic rings. The first-order chi connectivity index (χ1) is 9.81. The van der Waals surface area contributed by atoms with Crippen molar-refractivity contribution < 1.29 is 9.84 Å². The van der Waals surface area contributed by atoms with Crippen LogP contribution in [-0.2, 0) is 6.54 Å². The molecule has 0 spiro atoms. The number of aliphatic hydroxyl groups excluding tert-OH is 1. The van der Waals surface area contributed by atoms with E-state index in [4.69, 9.17) is 9.84 Å². The van der Waals surface area contributed by atoms with Crippen LogP contribution in [0, 0.1) is 5.92 Å². The first kappa shape index (κ1) is 15.1. The summed E-state index contributed by atoms with van der Waals surface area (Å²) in [6.07, 6.45) is 6.38. The molecule has 2 N–H and O–H groups in total. The van der Waals surface area contributed by atoms with Gasteiger partial charge in [-0.2, -0.15) is 0 Å². The van der Waals surface area contributed by atoms with Gasteiger partial charge in [-0.25, -0.2) is 0 Å². The molecule has 1 aromatic carbocycles. The van der Waals surface area contributed by atoms with Crippen LogP contribution in [0.25, 0.3) is 0 Å². The number of benzene rings is 1. The Hall–Kier alpha value is -1.32. The number of nitrogens with one attached hydrogen (secondary N) is 1. The lowest BCUT2D eigenvalue weighted by atomic mass is 9.86. The van der Waals surface area contributed by atoms with E-state index in [0.29, 0.717) is 25.2 Å². The molecule has 0 unspecified atom stereocenters. The van der Waals surface area contributed by atoms with Crippen molar-refractivity contribution >= 4 is 0 Å². The molecule has 20 heavy (non-hydrogen) atoms. The predicted octanol–water partition coefficient (Wildman–Crippen LogP) is 2.89. The molecule has 1 fully saturated rings. The zero-order valence-electron chi connectivity index (χ0n) is 12.1. The van der Waals surface area contributed by atoms with Gasteiger partial charge in [-0.1, -0.05) is 24.8 Å². The van der Waals surface area contributed by atoms with Gasteiger partial charge in [0.25, 0.3) is 0 Å². The third-order valence-corrected chi connectivity index (χ3v) is 3.99. The monoisotopic (exact) mass is 275 g/mol. The zero-order valence-corrected chi connectivity index (χ0v) is 12.1. The SMILES string of the molecule is C=CCOc1ccc(CNC2CCC(CO)CC2)cc1. The second-order valence-corrected chi connectivity index (χ2v) is 5.52. The van der Waals surface area contributed by atoms with E-state index >= 15 is 0 Å². The Morgan fingerprint density at radius 2 is 1.90 bits per heavy atom. The second kappa shape index (κ2) is 8.08. The van der Waals surface area contributed by atoms with Gasteiger partial charge in [0.1, 0.15) is 12.4 Å². The lowest BCUT2D eigenvalue weighted by molar-refractivity contribution is 0.175. The summed E-state index contributed by atoms with van der Waals surface area (Å²) in [6.45, 7) is 5.43. The summed E-state index contributed by atoms with van der Waals surface area (Å²) < 4.78 is 5.47. The fourth-order valence-electron chi connectivity index (χ4n) is 2.67. The van der Waals surface area contributed by atoms with Crippen LogP contribution < -0.4 is 10.1 Å². The maximum absolute atomic E-state index is 9.13. The van der Waals surface area contributed by atoms with E-state index in [1.54, 1.807) is 6.08 Å². The summed E-state index contributed by atoms with van der Waals surface area (Å²) in [7, 11) is 0. The normalized spacial score (nSPS) is 22.4. The van der Waals surface area contributed by atoms with E-state index in [2.05, 4.69) is 24.0 Å². The quantitative estimate of drug-likeness (QED) is 0.752. The Bertz CT molecular complexity index is 394. The van der Waals surface area contributed by atoms with Crippen LogP contribution in [0.2, 0.25) is 0 Å². The molecule has 0 aromatic heterocycles. The molecule has 0 atom stereocenters. The molecular weight excluding hydrogens is 250 g/mol. The van der Waals surface area contributed by atoms with Crippen molar-refractivity contribution in [1.82, 2.24) is 5.32 Å². The van der Waals surface area contributed by atoms with E-state index in [1.807, 2.05) is 12.1 Å². The van der Waals surface area contributed by atoms with Crippen molar-refractivity contribution in [2.24, 2.45) is 5.92 Å². The third-order valence-electron chi connectivity index (χ3n) is 3.99. The largest absolute Gasteiger partial charge is 0.490 e. The Labute approximate surface area is 121 Å². The molecule has 0 heterocycles. The topological polar surface area (TPSA) is 41.5 Å². The summed E-state index contributed by atoms with van der Waals surface area (Å²) in [5.41, 5.74) is 1.28. The molecule has 0 aliphatic heterocycles. The first-order valence-electron chi connectivity index (χ1n) is 7.48. The summed E-state index contributed by atoms with van der Waals surface area (Å²) in [6, 6.07) is 8.80. The first-order valence-corrected chi connectivity index (χ1v) is 7.48. The van der Waals surface area contributed by atoms with E-state index in [0.717, 1.165) is 25.1 Å². The number of rotatable bonds is 7. The molecule has 1 saturated carbocycles. The van der Waals surface area contributed by atoms with Gasteiger partial charge in [-0.15, -0.1) is 0 Å². The fourth-order valence-corrected chi connectivity index (χ4v) is 2.67. The van der Waals surface area contributed by atoms with Gasteiger partial charge < -0.3 is 15.2 Å². The molecule has 110 valence electrons. The van der Waals surface area contributed by atoms with E-state index < -0.39 is 0 Å². The van der Waals surface area contributed by atoms with Gasteiger partial charge in [-0.3, -0.25) is 0 Å². The van der Waals surface area contributed by atoms with Crippen LogP contribution in [0.3, 0.4) is 0 Å². The van der Waals surface area contributed by atoms with Crippen LogP contribution in [-0.4, -0.2) is 24.4 Å². The Morgan fingerprint density at radius 3 is 2.50 bits per heavy atom. The van der Waals surface area contributed by atoms with Crippen molar-refractivity contribution in [2.75, 3.05) is 13.2 Å². The highest BCUT2D eigenvalue weighted by atomic mass is 16.5. The minimum Gasteiger partial charge on any atom is -0.490 e. The van der Waals surface area contributed by atoms with E-state index in [9.17, 15) is 0 Å². The summed E-state index contributed by atoms with van der Waals surface area (Å²) >= 11 is 0. The van der Waals surface area contributed by atoms with Gasteiger partial charge >= 0.3 is 0 Å². The smallest absolute Gasteiger partial charge is 0.119 e. The molecule has 2 rings (SSSR count). The molecule has 0 saturated heterocycles. The van der Waals surface area contributed by atoms with Gasteiger partial charge in [0.2, 0.25) is 0 Å². The van der Waals surface area contributed by atoms with E-state index in [1.165, 1.54) is 18.4 Å². The molecule has 3 nitrogen and oxygen atoms in total. The second-order valence-electron chi connectivity index (χ2n) is 5.52.